The second kappa shape index (κ2) is 5.84. The van der Waals surface area contributed by atoms with E-state index in [1.54, 1.807) is 6.08 Å². The van der Waals surface area contributed by atoms with Gasteiger partial charge in [-0.3, -0.25) is 0 Å². The van der Waals surface area contributed by atoms with Gasteiger partial charge in [0.1, 0.15) is 0 Å². The maximum Gasteiger partial charge on any atom is 0.339 e. The third kappa shape index (κ3) is 2.72. The normalized spacial score (nSPS) is 16.3. The van der Waals surface area contributed by atoms with Crippen molar-refractivity contribution in [3.05, 3.63) is 21.7 Å². The molecule has 1 aliphatic rings. The summed E-state index contributed by atoms with van der Waals surface area (Å²) in [6, 6.07) is 0. The van der Waals surface area contributed by atoms with Gasteiger partial charge < -0.3 is 9.47 Å². The molecule has 0 unspecified atom stereocenters. The molecule has 0 saturated heterocycles. The molecule has 88 valence electrons. The highest BCUT2D eigenvalue weighted by atomic mass is 79.9. The maximum atomic E-state index is 11.6. The quantitative estimate of drug-likeness (QED) is 0.730. The van der Waals surface area contributed by atoms with Crippen molar-refractivity contribution in [2.24, 2.45) is 0 Å². The van der Waals surface area contributed by atoms with Gasteiger partial charge in [0.05, 0.1) is 25.4 Å². The van der Waals surface area contributed by atoms with Gasteiger partial charge in [-0.1, -0.05) is 22.0 Å². The van der Waals surface area contributed by atoms with E-state index in [-0.39, 0.29) is 11.1 Å². The summed E-state index contributed by atoms with van der Waals surface area (Å²) in [7, 11) is 2.58. The van der Waals surface area contributed by atoms with E-state index in [9.17, 15) is 9.59 Å². The van der Waals surface area contributed by atoms with Crippen molar-refractivity contribution < 1.29 is 19.1 Å². The van der Waals surface area contributed by atoms with E-state index in [4.69, 9.17) is 0 Å². The molecule has 0 fully saturated rings. The molecule has 0 aliphatic heterocycles. The Morgan fingerprint density at radius 1 is 1.25 bits per heavy atom. The molecular weight excluding hydrogens is 276 g/mol. The first-order valence-corrected chi connectivity index (χ1v) is 5.67. The van der Waals surface area contributed by atoms with Gasteiger partial charge in [0.2, 0.25) is 0 Å². The fourth-order valence-electron chi connectivity index (χ4n) is 1.49. The predicted octanol–water partition coefficient (Wildman–Crippen LogP) is 2.09. The minimum Gasteiger partial charge on any atom is -0.465 e. The monoisotopic (exact) mass is 288 g/mol. The number of hydrogen-bond acceptors (Lipinski definition) is 4. The molecule has 5 heteroatoms. The number of hydrogen-bond donors (Lipinski definition) is 0. The van der Waals surface area contributed by atoms with Crippen LogP contribution in [0, 0.1) is 0 Å². The third-order valence-corrected chi connectivity index (χ3v) is 3.08. The molecule has 0 aromatic rings. The lowest BCUT2D eigenvalue weighted by Crippen LogP contribution is -2.15. The Labute approximate surface area is 102 Å². The number of halogens is 1. The van der Waals surface area contributed by atoms with E-state index < -0.39 is 11.9 Å². The average Bonchev–Trinajstić information content (AvgIpc) is 2.49. The number of methoxy groups -OCH3 is 2. The van der Waals surface area contributed by atoms with Crippen molar-refractivity contribution in [2.45, 2.75) is 19.3 Å². The summed E-state index contributed by atoms with van der Waals surface area (Å²) < 4.78 is 10.0. The Hall–Kier alpha value is -1.10. The molecule has 16 heavy (non-hydrogen) atoms. The minimum atomic E-state index is -0.523. The van der Waals surface area contributed by atoms with Crippen LogP contribution in [0.25, 0.3) is 0 Å². The van der Waals surface area contributed by atoms with Gasteiger partial charge in [0, 0.05) is 4.48 Å². The van der Waals surface area contributed by atoms with E-state index in [0.29, 0.717) is 10.9 Å². The summed E-state index contributed by atoms with van der Waals surface area (Å²) in [5.41, 5.74) is 0.547. The number of carbonyl (C=O) groups excluding carboxylic acids is 2. The molecule has 0 N–H and O–H groups in total. The standard InChI is InChI=1S/C11H13BrO4/c1-15-10(13)7-5-3-4-6-8(12)9(7)11(14)16-2/h5H,3-4,6H2,1-2H3. The summed E-state index contributed by atoms with van der Waals surface area (Å²) >= 11 is 3.31. The minimum absolute atomic E-state index is 0.270. The molecule has 0 radical (unpaired) electrons. The number of allylic oxidation sites excluding steroid dienone is 2. The van der Waals surface area contributed by atoms with Gasteiger partial charge in [0.25, 0.3) is 0 Å². The zero-order valence-corrected chi connectivity index (χ0v) is 10.8. The van der Waals surface area contributed by atoms with Crippen LogP contribution in [-0.4, -0.2) is 26.2 Å². The summed E-state index contributed by atoms with van der Waals surface area (Å²) in [6.45, 7) is 0. The van der Waals surface area contributed by atoms with Crippen LogP contribution >= 0.6 is 15.9 Å². The summed E-state index contributed by atoms with van der Waals surface area (Å²) in [6.07, 6.45) is 4.04. The first-order valence-electron chi connectivity index (χ1n) is 4.87. The number of ether oxygens (including phenoxy) is 2. The largest absolute Gasteiger partial charge is 0.465 e. The fourth-order valence-corrected chi connectivity index (χ4v) is 2.15. The van der Waals surface area contributed by atoms with E-state index in [2.05, 4.69) is 25.4 Å². The molecule has 1 rings (SSSR count). The van der Waals surface area contributed by atoms with E-state index >= 15 is 0 Å². The molecule has 0 heterocycles. The maximum absolute atomic E-state index is 11.6. The lowest BCUT2D eigenvalue weighted by atomic mass is 10.1. The molecule has 0 amide bonds. The predicted molar refractivity (Wildman–Crippen MR) is 61.9 cm³/mol. The van der Waals surface area contributed by atoms with Crippen LogP contribution in [0.4, 0.5) is 0 Å². The molecule has 0 saturated carbocycles. The molecule has 0 aromatic heterocycles. The Morgan fingerprint density at radius 3 is 2.44 bits per heavy atom. The van der Waals surface area contributed by atoms with Gasteiger partial charge in [0.15, 0.2) is 0 Å². The van der Waals surface area contributed by atoms with Gasteiger partial charge in [-0.15, -0.1) is 0 Å². The summed E-state index contributed by atoms with van der Waals surface area (Å²) in [5, 5.41) is 0. The van der Waals surface area contributed by atoms with Gasteiger partial charge in [-0.2, -0.15) is 0 Å². The highest BCUT2D eigenvalue weighted by Crippen LogP contribution is 2.29. The first kappa shape index (κ1) is 13.0. The Morgan fingerprint density at radius 2 is 1.88 bits per heavy atom. The summed E-state index contributed by atoms with van der Waals surface area (Å²) in [4.78, 5) is 23.1. The van der Waals surface area contributed by atoms with Crippen molar-refractivity contribution in [1.82, 2.24) is 0 Å². The Bertz CT molecular complexity index is 368. The van der Waals surface area contributed by atoms with Gasteiger partial charge in [-0.25, -0.2) is 9.59 Å². The lowest BCUT2D eigenvalue weighted by Gasteiger charge is -2.09. The average molecular weight is 289 g/mol. The van der Waals surface area contributed by atoms with Crippen molar-refractivity contribution in [3.63, 3.8) is 0 Å². The molecule has 4 nitrogen and oxygen atoms in total. The van der Waals surface area contributed by atoms with Crippen LogP contribution in [0.1, 0.15) is 19.3 Å². The third-order valence-electron chi connectivity index (χ3n) is 2.28. The van der Waals surface area contributed by atoms with Crippen molar-refractivity contribution in [1.29, 1.82) is 0 Å². The van der Waals surface area contributed by atoms with E-state index in [1.807, 2.05) is 0 Å². The highest BCUT2D eigenvalue weighted by Gasteiger charge is 2.26. The molecule has 1 aliphatic carbocycles. The molecular formula is C11H13BrO4. The number of carbonyl (C=O) groups is 2. The molecule has 0 spiro atoms. The second-order valence-electron chi connectivity index (χ2n) is 3.27. The topological polar surface area (TPSA) is 52.6 Å². The van der Waals surface area contributed by atoms with Crippen LogP contribution in [0.3, 0.4) is 0 Å². The van der Waals surface area contributed by atoms with Gasteiger partial charge in [-0.05, 0) is 19.3 Å². The van der Waals surface area contributed by atoms with Crippen molar-refractivity contribution in [2.75, 3.05) is 14.2 Å². The van der Waals surface area contributed by atoms with Crippen LogP contribution in [0.5, 0.6) is 0 Å². The Balaban J connectivity index is 3.19. The Kier molecular flexibility index (Phi) is 4.73. The molecule has 0 bridgehead atoms. The van der Waals surface area contributed by atoms with Crippen LogP contribution < -0.4 is 0 Å². The van der Waals surface area contributed by atoms with Crippen molar-refractivity contribution in [3.8, 4) is 0 Å². The van der Waals surface area contributed by atoms with E-state index in [0.717, 1.165) is 12.8 Å². The zero-order valence-electron chi connectivity index (χ0n) is 9.21. The zero-order chi connectivity index (χ0) is 12.1. The molecule has 0 aromatic carbocycles. The SMILES string of the molecule is COC(=O)C1=CCCCC(Br)=C1C(=O)OC. The first-order chi connectivity index (χ1) is 7.61. The summed E-state index contributed by atoms with van der Waals surface area (Å²) in [5.74, 6) is -1.04. The molecule has 0 atom stereocenters. The number of rotatable bonds is 2. The lowest BCUT2D eigenvalue weighted by molar-refractivity contribution is -0.139. The highest BCUT2D eigenvalue weighted by molar-refractivity contribution is 9.11. The van der Waals surface area contributed by atoms with Crippen LogP contribution in [0.15, 0.2) is 21.7 Å². The fraction of sp³-hybridized carbons (Fsp3) is 0.455. The second-order valence-corrected chi connectivity index (χ2v) is 4.23. The van der Waals surface area contributed by atoms with Crippen molar-refractivity contribution >= 4 is 27.9 Å². The van der Waals surface area contributed by atoms with Gasteiger partial charge >= 0.3 is 11.9 Å². The van der Waals surface area contributed by atoms with E-state index in [1.165, 1.54) is 14.2 Å². The van der Waals surface area contributed by atoms with Crippen LogP contribution in [0.2, 0.25) is 0 Å². The van der Waals surface area contributed by atoms with Crippen LogP contribution in [-0.2, 0) is 19.1 Å². The smallest absolute Gasteiger partial charge is 0.339 e. The number of esters is 2.